The minimum Gasteiger partial charge on any atom is -0.396 e. The van der Waals surface area contributed by atoms with Crippen LogP contribution in [0, 0.1) is 17.2 Å². The number of nitrogens with zero attached hydrogens (tertiary/aromatic N) is 1. The molecule has 0 saturated heterocycles. The maximum Gasteiger partial charge on any atom is 0.0655 e. The third kappa shape index (κ3) is 5.87. The van der Waals surface area contributed by atoms with Crippen LogP contribution in [0.15, 0.2) is 0 Å². The van der Waals surface area contributed by atoms with Crippen molar-refractivity contribution >= 4 is 0 Å². The Hall–Kier alpha value is -0.550. The Morgan fingerprint density at radius 1 is 1.36 bits per heavy atom. The van der Waals surface area contributed by atoms with E-state index in [1.807, 2.05) is 6.92 Å². The van der Waals surface area contributed by atoms with Crippen LogP contribution in [-0.2, 0) is 0 Å². The van der Waals surface area contributed by atoms with Crippen molar-refractivity contribution in [1.82, 2.24) is 0 Å². The van der Waals surface area contributed by atoms with Crippen molar-refractivity contribution in [2.45, 2.75) is 39.0 Å². The Labute approximate surface area is 68.8 Å². The number of aliphatic hydroxyl groups excluding tert-OH is 1. The molecule has 1 atom stereocenters. The second kappa shape index (κ2) is 7.56. The van der Waals surface area contributed by atoms with Crippen LogP contribution in [0.1, 0.15) is 39.0 Å². The Bertz CT molecular complexity index is 117. The number of hydrogen-bond donors (Lipinski definition) is 1. The van der Waals surface area contributed by atoms with Gasteiger partial charge in [0, 0.05) is 12.5 Å². The fourth-order valence-electron chi connectivity index (χ4n) is 1.04. The topological polar surface area (TPSA) is 44.0 Å². The second-order valence-corrected chi connectivity index (χ2v) is 2.81. The molecule has 0 spiro atoms. The van der Waals surface area contributed by atoms with E-state index >= 15 is 0 Å². The fraction of sp³-hybridized carbons (Fsp3) is 0.889. The molecule has 0 fully saturated rings. The monoisotopic (exact) mass is 155 g/mol. The number of hydrogen-bond acceptors (Lipinski definition) is 2. The minimum absolute atomic E-state index is 0.230. The second-order valence-electron chi connectivity index (χ2n) is 2.81. The van der Waals surface area contributed by atoms with E-state index in [2.05, 4.69) is 6.07 Å². The van der Waals surface area contributed by atoms with Crippen LogP contribution >= 0.6 is 0 Å². The predicted molar refractivity (Wildman–Crippen MR) is 44.9 cm³/mol. The highest BCUT2D eigenvalue weighted by molar-refractivity contribution is 4.80. The molecular formula is C9H17NO. The molecule has 1 N–H and O–H groups in total. The molecule has 0 aromatic heterocycles. The molecule has 0 heterocycles. The van der Waals surface area contributed by atoms with Gasteiger partial charge < -0.3 is 5.11 Å². The van der Waals surface area contributed by atoms with E-state index < -0.39 is 0 Å². The molecule has 2 nitrogen and oxygen atoms in total. The molecule has 64 valence electrons. The SMILES string of the molecule is CCC(C#N)CCCCCO. The standard InChI is InChI=1S/C9H17NO/c1-2-9(8-10)6-4-3-5-7-11/h9,11H,2-7H2,1H3. The zero-order valence-corrected chi connectivity index (χ0v) is 7.21. The summed E-state index contributed by atoms with van der Waals surface area (Å²) in [5.74, 6) is 0.230. The molecule has 1 unspecified atom stereocenters. The molecule has 0 aliphatic heterocycles. The van der Waals surface area contributed by atoms with E-state index in [1.165, 1.54) is 0 Å². The smallest absolute Gasteiger partial charge is 0.0655 e. The summed E-state index contributed by atoms with van der Waals surface area (Å²) in [4.78, 5) is 0. The van der Waals surface area contributed by atoms with E-state index in [4.69, 9.17) is 10.4 Å². The fourth-order valence-corrected chi connectivity index (χ4v) is 1.04. The zero-order valence-electron chi connectivity index (χ0n) is 7.21. The molecule has 0 aliphatic rings. The van der Waals surface area contributed by atoms with Crippen LogP contribution < -0.4 is 0 Å². The third-order valence-electron chi connectivity index (χ3n) is 1.89. The van der Waals surface area contributed by atoms with Crippen molar-refractivity contribution in [2.75, 3.05) is 6.61 Å². The first kappa shape index (κ1) is 10.4. The summed E-state index contributed by atoms with van der Waals surface area (Å²) in [5.41, 5.74) is 0. The highest BCUT2D eigenvalue weighted by Gasteiger charge is 2.02. The van der Waals surface area contributed by atoms with Crippen LogP contribution in [0.5, 0.6) is 0 Å². The van der Waals surface area contributed by atoms with Gasteiger partial charge in [-0.05, 0) is 19.3 Å². The summed E-state index contributed by atoms with van der Waals surface area (Å²) in [6, 6.07) is 2.27. The number of rotatable bonds is 6. The largest absolute Gasteiger partial charge is 0.396 e. The normalized spacial score (nSPS) is 12.5. The summed E-state index contributed by atoms with van der Waals surface area (Å²) in [6.07, 6.45) is 4.95. The van der Waals surface area contributed by atoms with Gasteiger partial charge in [-0.15, -0.1) is 0 Å². The summed E-state index contributed by atoms with van der Waals surface area (Å²) >= 11 is 0. The van der Waals surface area contributed by atoms with Crippen LogP contribution in [-0.4, -0.2) is 11.7 Å². The lowest BCUT2D eigenvalue weighted by Crippen LogP contribution is -1.94. The van der Waals surface area contributed by atoms with Gasteiger partial charge >= 0.3 is 0 Å². The molecule has 0 bridgehead atoms. The van der Waals surface area contributed by atoms with Crippen molar-refractivity contribution in [3.05, 3.63) is 0 Å². The molecular weight excluding hydrogens is 138 g/mol. The van der Waals surface area contributed by atoms with E-state index in [9.17, 15) is 0 Å². The Morgan fingerprint density at radius 3 is 2.55 bits per heavy atom. The molecule has 0 radical (unpaired) electrons. The van der Waals surface area contributed by atoms with Gasteiger partial charge in [0.25, 0.3) is 0 Å². The van der Waals surface area contributed by atoms with Crippen LogP contribution in [0.4, 0.5) is 0 Å². The Balaban J connectivity index is 3.16. The predicted octanol–water partition coefficient (Wildman–Crippen LogP) is 2.09. The molecule has 2 heteroatoms. The highest BCUT2D eigenvalue weighted by Crippen LogP contribution is 2.11. The van der Waals surface area contributed by atoms with Crippen molar-refractivity contribution in [3.8, 4) is 6.07 Å². The van der Waals surface area contributed by atoms with Crippen molar-refractivity contribution in [1.29, 1.82) is 5.26 Å². The lowest BCUT2D eigenvalue weighted by molar-refractivity contribution is 0.281. The van der Waals surface area contributed by atoms with Gasteiger partial charge in [-0.1, -0.05) is 19.8 Å². The van der Waals surface area contributed by atoms with E-state index in [0.717, 1.165) is 32.1 Å². The molecule has 0 amide bonds. The molecule has 0 rings (SSSR count). The molecule has 0 saturated carbocycles. The van der Waals surface area contributed by atoms with E-state index in [-0.39, 0.29) is 12.5 Å². The van der Waals surface area contributed by atoms with Gasteiger partial charge in [0.1, 0.15) is 0 Å². The van der Waals surface area contributed by atoms with Gasteiger partial charge in [-0.2, -0.15) is 5.26 Å². The third-order valence-corrected chi connectivity index (χ3v) is 1.89. The minimum atomic E-state index is 0.230. The zero-order chi connectivity index (χ0) is 8.53. The number of nitriles is 1. The summed E-state index contributed by atoms with van der Waals surface area (Å²) < 4.78 is 0. The Morgan fingerprint density at radius 2 is 2.09 bits per heavy atom. The number of aliphatic hydroxyl groups is 1. The summed E-state index contributed by atoms with van der Waals surface area (Å²) in [7, 11) is 0. The number of unbranched alkanes of at least 4 members (excludes halogenated alkanes) is 2. The lowest BCUT2D eigenvalue weighted by Gasteiger charge is -2.03. The van der Waals surface area contributed by atoms with Crippen LogP contribution in [0.25, 0.3) is 0 Å². The molecule has 0 aromatic carbocycles. The van der Waals surface area contributed by atoms with Gasteiger partial charge in [-0.25, -0.2) is 0 Å². The lowest BCUT2D eigenvalue weighted by atomic mass is 10.0. The quantitative estimate of drug-likeness (QED) is 0.597. The Kier molecular flexibility index (Phi) is 7.18. The van der Waals surface area contributed by atoms with Gasteiger partial charge in [0.05, 0.1) is 6.07 Å². The van der Waals surface area contributed by atoms with E-state index in [1.54, 1.807) is 0 Å². The average Bonchev–Trinajstić information content (AvgIpc) is 2.05. The first-order valence-electron chi connectivity index (χ1n) is 4.35. The van der Waals surface area contributed by atoms with Gasteiger partial charge in [0.15, 0.2) is 0 Å². The average molecular weight is 155 g/mol. The molecule has 0 aliphatic carbocycles. The molecule has 0 aromatic rings. The maximum absolute atomic E-state index is 8.58. The summed E-state index contributed by atoms with van der Waals surface area (Å²) in [5, 5.41) is 17.1. The van der Waals surface area contributed by atoms with E-state index in [0.29, 0.717) is 0 Å². The van der Waals surface area contributed by atoms with Gasteiger partial charge in [0.2, 0.25) is 0 Å². The maximum atomic E-state index is 8.58. The highest BCUT2D eigenvalue weighted by atomic mass is 16.2. The summed E-state index contributed by atoms with van der Waals surface area (Å²) in [6.45, 7) is 2.32. The molecule has 11 heavy (non-hydrogen) atoms. The first-order chi connectivity index (χ1) is 5.35. The van der Waals surface area contributed by atoms with Crippen molar-refractivity contribution in [2.24, 2.45) is 5.92 Å². The first-order valence-corrected chi connectivity index (χ1v) is 4.35. The van der Waals surface area contributed by atoms with Crippen LogP contribution in [0.3, 0.4) is 0 Å². The van der Waals surface area contributed by atoms with Gasteiger partial charge in [-0.3, -0.25) is 0 Å². The van der Waals surface area contributed by atoms with Crippen molar-refractivity contribution in [3.63, 3.8) is 0 Å². The van der Waals surface area contributed by atoms with Crippen molar-refractivity contribution < 1.29 is 5.11 Å². The van der Waals surface area contributed by atoms with Crippen LogP contribution in [0.2, 0.25) is 0 Å².